The van der Waals surface area contributed by atoms with E-state index in [0.717, 1.165) is 38.2 Å². The van der Waals surface area contributed by atoms with Crippen LogP contribution in [0.15, 0.2) is 58.5 Å². The van der Waals surface area contributed by atoms with E-state index >= 15 is 0 Å². The normalized spacial score (nSPS) is 17.9. The van der Waals surface area contributed by atoms with Crippen molar-refractivity contribution < 1.29 is 5.11 Å². The summed E-state index contributed by atoms with van der Waals surface area (Å²) in [4.78, 5) is 4.46. The van der Waals surface area contributed by atoms with E-state index in [1.165, 1.54) is 11.9 Å². The number of nitrogens with one attached hydrogen (secondary N) is 1. The van der Waals surface area contributed by atoms with Crippen LogP contribution in [0.5, 0.6) is 0 Å². The number of rotatable bonds is 7. The number of aliphatic imine (C=N–C) groups is 1. The van der Waals surface area contributed by atoms with Gasteiger partial charge in [0.05, 0.1) is 6.54 Å². The Balaban J connectivity index is 0.00000232. The average Bonchev–Trinajstić information content (AvgIpc) is 3.07. The van der Waals surface area contributed by atoms with Crippen molar-refractivity contribution in [3.63, 3.8) is 0 Å². The lowest BCUT2D eigenvalue weighted by atomic mass is 10.1. The Kier molecular flexibility index (Phi) is 12.8. The van der Waals surface area contributed by atoms with Crippen LogP contribution in [0.25, 0.3) is 0 Å². The Morgan fingerprint density at radius 3 is 2.74 bits per heavy atom. The summed E-state index contributed by atoms with van der Waals surface area (Å²) in [6.45, 7) is 13.2. The molecule has 0 bridgehead atoms. The van der Waals surface area contributed by atoms with E-state index in [9.17, 15) is 0 Å². The third-order valence-electron chi connectivity index (χ3n) is 2.93. The second-order valence-corrected chi connectivity index (χ2v) is 5.15. The minimum atomic E-state index is 0.511. The van der Waals surface area contributed by atoms with Crippen molar-refractivity contribution in [2.45, 2.75) is 20.3 Å². The molecule has 2 N–H and O–H groups in total. The van der Waals surface area contributed by atoms with Crippen LogP contribution in [0.4, 0.5) is 0 Å². The van der Waals surface area contributed by atoms with Crippen molar-refractivity contribution in [3.8, 4) is 0 Å². The molecule has 0 saturated carbocycles. The average molecular weight is 337 g/mol. The summed E-state index contributed by atoms with van der Waals surface area (Å²) >= 11 is 1.47. The Bertz CT molecular complexity index is 469. The zero-order valence-electron chi connectivity index (χ0n) is 14.3. The van der Waals surface area contributed by atoms with Crippen molar-refractivity contribution in [2.75, 3.05) is 20.2 Å². The number of hydrogen-bond acceptors (Lipinski definition) is 4. The fourth-order valence-corrected chi connectivity index (χ4v) is 2.28. The highest BCUT2D eigenvalue weighted by Gasteiger charge is 2.19. The highest BCUT2D eigenvalue weighted by Crippen LogP contribution is 2.12. The monoisotopic (exact) mass is 336 g/mol. The number of aliphatic hydroxyl groups is 1. The Morgan fingerprint density at radius 1 is 1.48 bits per heavy atom. The molecule has 0 fully saturated rings. The molecular weight excluding hydrogens is 308 g/mol. The molecule has 1 atom stereocenters. The van der Waals surface area contributed by atoms with Gasteiger partial charge in [0.25, 0.3) is 0 Å². The lowest BCUT2D eigenvalue weighted by Crippen LogP contribution is -2.34. The summed E-state index contributed by atoms with van der Waals surface area (Å²) in [5.74, 6) is 1.31. The molecule has 0 radical (unpaired) electrons. The standard InChI is InChI=1S/C16H24N4S.CH4O/c1-5-9-14(6-2)10-11-21-19-16(17-8-4)20-13-15(7-3)12-18-20;1-2/h5-6,9-12,15H,1-2,7-8,13H2,3-4H3,(H,17,19);2H,1H3/b11-10+,14-9+;. The van der Waals surface area contributed by atoms with Crippen LogP contribution < -0.4 is 4.72 Å². The molecule has 0 aliphatic carbocycles. The van der Waals surface area contributed by atoms with Crippen LogP contribution >= 0.6 is 11.9 Å². The molecule has 1 heterocycles. The Morgan fingerprint density at radius 2 is 2.22 bits per heavy atom. The molecule has 0 amide bonds. The van der Waals surface area contributed by atoms with Gasteiger partial charge >= 0.3 is 0 Å². The SMILES string of the molecule is C=C/C=C(C=C)/C=C/SNC(=NCC)N1CC(CC)C=N1.CO. The third-order valence-corrected chi connectivity index (χ3v) is 3.50. The van der Waals surface area contributed by atoms with E-state index in [1.54, 1.807) is 12.2 Å². The maximum atomic E-state index is 7.00. The van der Waals surface area contributed by atoms with Crippen LogP contribution in [-0.2, 0) is 0 Å². The molecule has 1 aliphatic heterocycles. The molecule has 5 nitrogen and oxygen atoms in total. The number of allylic oxidation sites excluding steroid dienone is 5. The summed E-state index contributed by atoms with van der Waals surface area (Å²) in [5.41, 5.74) is 1.01. The summed E-state index contributed by atoms with van der Waals surface area (Å²) < 4.78 is 3.23. The van der Waals surface area contributed by atoms with E-state index in [2.05, 4.69) is 34.9 Å². The molecule has 6 heteroatoms. The number of nitrogens with zero attached hydrogens (tertiary/aromatic N) is 3. The van der Waals surface area contributed by atoms with Gasteiger partial charge in [0.2, 0.25) is 5.96 Å². The van der Waals surface area contributed by atoms with Crippen molar-refractivity contribution in [3.05, 3.63) is 48.4 Å². The molecule has 128 valence electrons. The molecule has 1 unspecified atom stereocenters. The van der Waals surface area contributed by atoms with Gasteiger partial charge in [0, 0.05) is 25.8 Å². The van der Waals surface area contributed by atoms with Gasteiger partial charge in [-0.25, -0.2) is 5.01 Å². The minimum absolute atomic E-state index is 0.511. The van der Waals surface area contributed by atoms with Crippen molar-refractivity contribution >= 4 is 24.1 Å². The van der Waals surface area contributed by atoms with Gasteiger partial charge in [-0.2, -0.15) is 5.10 Å². The van der Waals surface area contributed by atoms with Gasteiger partial charge in [-0.05, 0) is 42.3 Å². The molecule has 0 aromatic heterocycles. The zero-order chi connectivity index (χ0) is 17.5. The Labute approximate surface area is 144 Å². The second kappa shape index (κ2) is 13.8. The van der Waals surface area contributed by atoms with E-state index < -0.39 is 0 Å². The van der Waals surface area contributed by atoms with Gasteiger partial charge < -0.3 is 5.11 Å². The second-order valence-electron chi connectivity index (χ2n) is 4.44. The van der Waals surface area contributed by atoms with E-state index in [4.69, 9.17) is 5.11 Å². The number of hydrogen-bond donors (Lipinski definition) is 2. The van der Waals surface area contributed by atoms with Gasteiger partial charge in [-0.3, -0.25) is 9.71 Å². The lowest BCUT2D eigenvalue weighted by Gasteiger charge is -2.17. The summed E-state index contributed by atoms with van der Waals surface area (Å²) in [6.07, 6.45) is 10.5. The molecule has 0 aromatic carbocycles. The Hall–Kier alpha value is -1.79. The fraction of sp³-hybridized carbons (Fsp3) is 0.412. The van der Waals surface area contributed by atoms with Gasteiger partial charge in [-0.15, -0.1) is 0 Å². The van der Waals surface area contributed by atoms with Crippen LogP contribution in [-0.4, -0.2) is 42.5 Å². The van der Waals surface area contributed by atoms with Gasteiger partial charge in [-0.1, -0.05) is 38.3 Å². The molecule has 0 spiro atoms. The van der Waals surface area contributed by atoms with E-state index in [1.807, 2.05) is 35.7 Å². The highest BCUT2D eigenvalue weighted by atomic mass is 32.2. The van der Waals surface area contributed by atoms with Crippen LogP contribution in [0, 0.1) is 5.92 Å². The number of hydrazone groups is 1. The molecule has 0 saturated heterocycles. The maximum absolute atomic E-state index is 7.00. The molecule has 1 aliphatic rings. The topological polar surface area (TPSA) is 60.2 Å². The minimum Gasteiger partial charge on any atom is -0.400 e. The quantitative estimate of drug-likeness (QED) is 0.324. The highest BCUT2D eigenvalue weighted by molar-refractivity contribution is 8.00. The molecule has 1 rings (SSSR count). The van der Waals surface area contributed by atoms with E-state index in [0.29, 0.717) is 5.92 Å². The first-order valence-electron chi connectivity index (χ1n) is 7.59. The van der Waals surface area contributed by atoms with Crippen LogP contribution in [0.3, 0.4) is 0 Å². The largest absolute Gasteiger partial charge is 0.400 e. The van der Waals surface area contributed by atoms with Crippen LogP contribution in [0.2, 0.25) is 0 Å². The molecular formula is C17H28N4OS. The first kappa shape index (κ1) is 21.2. The first-order valence-corrected chi connectivity index (χ1v) is 8.47. The third kappa shape index (κ3) is 8.42. The zero-order valence-corrected chi connectivity index (χ0v) is 15.1. The summed E-state index contributed by atoms with van der Waals surface area (Å²) in [7, 11) is 1.00. The number of guanidine groups is 1. The first-order chi connectivity index (χ1) is 11.2. The maximum Gasteiger partial charge on any atom is 0.225 e. The number of aliphatic hydroxyl groups excluding tert-OH is 1. The molecule has 23 heavy (non-hydrogen) atoms. The smallest absolute Gasteiger partial charge is 0.225 e. The van der Waals surface area contributed by atoms with Crippen LogP contribution in [0.1, 0.15) is 20.3 Å². The predicted molar refractivity (Wildman–Crippen MR) is 103 cm³/mol. The van der Waals surface area contributed by atoms with Crippen molar-refractivity contribution in [1.29, 1.82) is 0 Å². The van der Waals surface area contributed by atoms with Gasteiger partial charge in [0.1, 0.15) is 0 Å². The lowest BCUT2D eigenvalue weighted by molar-refractivity contribution is 0.399. The fourth-order valence-electron chi connectivity index (χ4n) is 1.71. The van der Waals surface area contributed by atoms with E-state index in [-0.39, 0.29) is 0 Å². The summed E-state index contributed by atoms with van der Waals surface area (Å²) in [5, 5.41) is 15.3. The van der Waals surface area contributed by atoms with Crippen molar-refractivity contribution in [2.24, 2.45) is 16.0 Å². The predicted octanol–water partition coefficient (Wildman–Crippen LogP) is 3.35. The summed E-state index contributed by atoms with van der Waals surface area (Å²) in [6, 6.07) is 0. The van der Waals surface area contributed by atoms with Gasteiger partial charge in [0.15, 0.2) is 0 Å². The molecule has 0 aromatic rings. The van der Waals surface area contributed by atoms with Crippen molar-refractivity contribution in [1.82, 2.24) is 9.73 Å².